The molecule has 1 aliphatic rings. The molecule has 0 aromatic heterocycles. The van der Waals surface area contributed by atoms with Crippen LogP contribution in [0.1, 0.15) is 22.0 Å². The van der Waals surface area contributed by atoms with E-state index in [9.17, 15) is 32.3 Å². The second-order valence-corrected chi connectivity index (χ2v) is 6.65. The normalized spacial score (nSPS) is 25.0. The van der Waals surface area contributed by atoms with E-state index in [0.29, 0.717) is 0 Å². The number of hydrogen-bond donors (Lipinski definition) is 3. The van der Waals surface area contributed by atoms with Crippen LogP contribution in [0.4, 0.5) is 22.4 Å². The average molecular weight is 417 g/mol. The van der Waals surface area contributed by atoms with Gasteiger partial charge in [0.25, 0.3) is 0 Å². The van der Waals surface area contributed by atoms with E-state index >= 15 is 0 Å². The lowest BCUT2D eigenvalue weighted by Crippen LogP contribution is -2.72. The molecule has 0 spiro atoms. The number of halogens is 5. The standard InChI is InChI=1S/C18H13ClF4N2O3/c19-10-7-5-9(6-8-10)15(26)13-14(11-3-1-2-4-12(11)20)24-16(27)25-17(13,28)18(21,22)23/h1-8,13-14,28H,(H2,24,25,27)/t13-,14+,17-/m0/s1. The Morgan fingerprint density at radius 3 is 2.29 bits per heavy atom. The molecule has 0 aliphatic carbocycles. The van der Waals surface area contributed by atoms with Crippen molar-refractivity contribution >= 4 is 23.4 Å². The number of carbonyl (C=O) groups excluding carboxylic acids is 2. The molecule has 148 valence electrons. The lowest BCUT2D eigenvalue weighted by Gasteiger charge is -2.45. The van der Waals surface area contributed by atoms with Gasteiger partial charge in [0, 0.05) is 16.1 Å². The average Bonchev–Trinajstić information content (AvgIpc) is 2.60. The van der Waals surface area contributed by atoms with E-state index in [1.807, 2.05) is 0 Å². The summed E-state index contributed by atoms with van der Waals surface area (Å²) >= 11 is 5.74. The largest absolute Gasteiger partial charge is 0.437 e. The summed E-state index contributed by atoms with van der Waals surface area (Å²) in [7, 11) is 0. The first-order valence-corrected chi connectivity index (χ1v) is 8.34. The van der Waals surface area contributed by atoms with E-state index in [-0.39, 0.29) is 16.1 Å². The number of benzene rings is 2. The molecule has 1 aliphatic heterocycles. The van der Waals surface area contributed by atoms with Crippen molar-refractivity contribution in [2.45, 2.75) is 17.9 Å². The maximum atomic E-state index is 14.3. The smallest absolute Gasteiger partial charge is 0.363 e. The molecular weight excluding hydrogens is 404 g/mol. The zero-order valence-corrected chi connectivity index (χ0v) is 14.7. The number of rotatable bonds is 3. The van der Waals surface area contributed by atoms with E-state index in [2.05, 4.69) is 5.32 Å². The van der Waals surface area contributed by atoms with Gasteiger partial charge < -0.3 is 15.7 Å². The Morgan fingerprint density at radius 1 is 1.11 bits per heavy atom. The molecule has 3 atom stereocenters. The zero-order valence-electron chi connectivity index (χ0n) is 13.9. The van der Waals surface area contributed by atoms with E-state index in [0.717, 1.165) is 12.1 Å². The summed E-state index contributed by atoms with van der Waals surface area (Å²) in [5.41, 5.74) is -4.48. The fourth-order valence-corrected chi connectivity index (χ4v) is 3.25. The van der Waals surface area contributed by atoms with E-state index in [4.69, 9.17) is 11.6 Å². The van der Waals surface area contributed by atoms with Crippen LogP contribution in [0.5, 0.6) is 0 Å². The Balaban J connectivity index is 2.18. The van der Waals surface area contributed by atoms with Crippen LogP contribution in [-0.2, 0) is 0 Å². The second-order valence-electron chi connectivity index (χ2n) is 6.21. The molecule has 3 rings (SSSR count). The van der Waals surface area contributed by atoms with Gasteiger partial charge in [-0.05, 0) is 30.3 Å². The first-order chi connectivity index (χ1) is 13.0. The molecule has 3 N–H and O–H groups in total. The van der Waals surface area contributed by atoms with Gasteiger partial charge in [-0.2, -0.15) is 13.2 Å². The van der Waals surface area contributed by atoms with Crippen molar-refractivity contribution < 1.29 is 32.3 Å². The number of carbonyl (C=O) groups is 2. The molecule has 0 saturated carbocycles. The van der Waals surface area contributed by atoms with Gasteiger partial charge in [0.05, 0.1) is 6.04 Å². The minimum atomic E-state index is -5.42. The maximum absolute atomic E-state index is 14.3. The van der Waals surface area contributed by atoms with Crippen LogP contribution >= 0.6 is 11.6 Å². The lowest BCUT2D eigenvalue weighted by atomic mass is 9.77. The van der Waals surface area contributed by atoms with Crippen LogP contribution in [0, 0.1) is 11.7 Å². The summed E-state index contributed by atoms with van der Waals surface area (Å²) < 4.78 is 55.4. The molecule has 10 heteroatoms. The summed E-state index contributed by atoms with van der Waals surface area (Å²) in [5, 5.41) is 14.1. The minimum Gasteiger partial charge on any atom is -0.363 e. The van der Waals surface area contributed by atoms with Crippen LogP contribution in [0.3, 0.4) is 0 Å². The molecule has 2 aromatic carbocycles. The highest BCUT2D eigenvalue weighted by Gasteiger charge is 2.66. The van der Waals surface area contributed by atoms with Crippen molar-refractivity contribution in [1.29, 1.82) is 0 Å². The summed E-state index contributed by atoms with van der Waals surface area (Å²) in [6, 6.07) is 6.49. The van der Waals surface area contributed by atoms with Crippen molar-refractivity contribution in [3.05, 3.63) is 70.5 Å². The summed E-state index contributed by atoms with van der Waals surface area (Å²) in [6.07, 6.45) is -5.42. The third kappa shape index (κ3) is 3.43. The van der Waals surface area contributed by atoms with Crippen LogP contribution in [0.2, 0.25) is 5.02 Å². The zero-order chi connectivity index (χ0) is 20.7. The molecule has 0 bridgehead atoms. The summed E-state index contributed by atoms with van der Waals surface area (Å²) in [5.74, 6) is -4.39. The molecule has 0 unspecified atom stereocenters. The number of amides is 2. The molecule has 1 heterocycles. The Bertz CT molecular complexity index is 920. The molecule has 28 heavy (non-hydrogen) atoms. The van der Waals surface area contributed by atoms with Crippen molar-refractivity contribution in [1.82, 2.24) is 10.6 Å². The number of Topliss-reactive ketones (excluding diaryl/α,β-unsaturated/α-hetero) is 1. The highest BCUT2D eigenvalue weighted by Crippen LogP contribution is 2.44. The van der Waals surface area contributed by atoms with Crippen LogP contribution in [-0.4, -0.2) is 28.8 Å². The fraction of sp³-hybridized carbons (Fsp3) is 0.222. The van der Waals surface area contributed by atoms with E-state index < -0.39 is 41.5 Å². The van der Waals surface area contributed by atoms with Crippen LogP contribution < -0.4 is 10.6 Å². The topological polar surface area (TPSA) is 78.4 Å². The first-order valence-electron chi connectivity index (χ1n) is 7.96. The third-order valence-electron chi connectivity index (χ3n) is 4.46. The number of hydrogen-bond acceptors (Lipinski definition) is 3. The first kappa shape index (κ1) is 20.1. The number of aliphatic hydroxyl groups is 1. The van der Waals surface area contributed by atoms with Crippen molar-refractivity contribution in [2.24, 2.45) is 5.92 Å². The van der Waals surface area contributed by atoms with Gasteiger partial charge in [0.15, 0.2) is 5.78 Å². The summed E-state index contributed by atoms with van der Waals surface area (Å²) in [4.78, 5) is 24.8. The van der Waals surface area contributed by atoms with Crippen molar-refractivity contribution in [3.8, 4) is 0 Å². The molecule has 1 fully saturated rings. The van der Waals surface area contributed by atoms with Gasteiger partial charge in [-0.1, -0.05) is 29.8 Å². The predicted octanol–water partition coefficient (Wildman–Crippen LogP) is 3.58. The Labute approximate surface area is 161 Å². The van der Waals surface area contributed by atoms with Gasteiger partial charge in [0.2, 0.25) is 5.72 Å². The molecule has 2 amide bonds. The quantitative estimate of drug-likeness (QED) is 0.528. The number of ketones is 1. The summed E-state index contributed by atoms with van der Waals surface area (Å²) in [6.45, 7) is 0. The number of nitrogens with one attached hydrogen (secondary N) is 2. The van der Waals surface area contributed by atoms with Gasteiger partial charge in [-0.3, -0.25) is 4.79 Å². The third-order valence-corrected chi connectivity index (χ3v) is 4.71. The molecule has 5 nitrogen and oxygen atoms in total. The van der Waals surface area contributed by atoms with Gasteiger partial charge in [-0.15, -0.1) is 0 Å². The highest BCUT2D eigenvalue weighted by atomic mass is 35.5. The lowest BCUT2D eigenvalue weighted by molar-refractivity contribution is -0.287. The molecule has 1 saturated heterocycles. The Hall–Kier alpha value is -2.65. The van der Waals surface area contributed by atoms with Gasteiger partial charge >= 0.3 is 12.2 Å². The van der Waals surface area contributed by atoms with Crippen molar-refractivity contribution in [2.75, 3.05) is 0 Å². The minimum absolute atomic E-state index is 0.198. The van der Waals surface area contributed by atoms with E-state index in [1.165, 1.54) is 41.7 Å². The van der Waals surface area contributed by atoms with Gasteiger partial charge in [-0.25, -0.2) is 9.18 Å². The fourth-order valence-electron chi connectivity index (χ4n) is 3.12. The van der Waals surface area contributed by atoms with Gasteiger partial charge in [0.1, 0.15) is 11.7 Å². The number of alkyl halides is 3. The highest BCUT2D eigenvalue weighted by molar-refractivity contribution is 6.30. The maximum Gasteiger partial charge on any atom is 0.437 e. The second kappa shape index (κ2) is 7.06. The SMILES string of the molecule is O=C1N[C@H](c2ccccc2F)[C@@H](C(=O)c2ccc(Cl)cc2)[C@](O)(C(F)(F)F)N1. The molecule has 0 radical (unpaired) electrons. The Kier molecular flexibility index (Phi) is 5.07. The monoisotopic (exact) mass is 416 g/mol. The molecular formula is C18H13ClF4N2O3. The molecule has 2 aromatic rings. The van der Waals surface area contributed by atoms with Crippen LogP contribution in [0.15, 0.2) is 48.5 Å². The van der Waals surface area contributed by atoms with E-state index in [1.54, 1.807) is 0 Å². The predicted molar refractivity (Wildman–Crippen MR) is 91.1 cm³/mol. The van der Waals surface area contributed by atoms with Crippen LogP contribution in [0.25, 0.3) is 0 Å². The van der Waals surface area contributed by atoms with Crippen molar-refractivity contribution in [3.63, 3.8) is 0 Å². The Morgan fingerprint density at radius 2 is 1.71 bits per heavy atom. The number of urea groups is 1.